The maximum atomic E-state index is 5.92. The molecule has 1 N–H and O–H groups in total. The zero-order chi connectivity index (χ0) is 20.5. The third kappa shape index (κ3) is 6.54. The van der Waals surface area contributed by atoms with Crippen molar-refractivity contribution in [3.8, 4) is 17.2 Å². The van der Waals surface area contributed by atoms with E-state index in [1.165, 1.54) is 5.56 Å². The lowest BCUT2D eigenvalue weighted by Crippen LogP contribution is -2.13. The summed E-state index contributed by atoms with van der Waals surface area (Å²) in [7, 11) is 1.67. The van der Waals surface area contributed by atoms with Crippen LogP contribution in [0, 0.1) is 0 Å². The van der Waals surface area contributed by atoms with E-state index < -0.39 is 0 Å². The Hall–Kier alpha value is -2.98. The molecule has 0 radical (unpaired) electrons. The van der Waals surface area contributed by atoms with Crippen molar-refractivity contribution in [2.45, 2.75) is 39.6 Å². The molecule has 29 heavy (non-hydrogen) atoms. The van der Waals surface area contributed by atoms with Gasteiger partial charge in [-0.05, 0) is 54.8 Å². The maximum absolute atomic E-state index is 5.92. The molecule has 3 aromatic carbocycles. The molecule has 0 aliphatic carbocycles. The topological polar surface area (TPSA) is 39.7 Å². The molecule has 0 bridgehead atoms. The quantitative estimate of drug-likeness (QED) is 0.506. The van der Waals surface area contributed by atoms with Gasteiger partial charge in [0.15, 0.2) is 11.5 Å². The highest BCUT2D eigenvalue weighted by Gasteiger charge is 2.07. The Morgan fingerprint density at radius 1 is 0.759 bits per heavy atom. The van der Waals surface area contributed by atoms with Gasteiger partial charge in [-0.25, -0.2) is 0 Å². The second-order valence-corrected chi connectivity index (χ2v) is 7.17. The Morgan fingerprint density at radius 3 is 2.14 bits per heavy atom. The first kappa shape index (κ1) is 20.7. The number of rotatable bonds is 10. The van der Waals surface area contributed by atoms with Crippen LogP contribution in [-0.4, -0.2) is 13.2 Å². The van der Waals surface area contributed by atoms with Crippen molar-refractivity contribution in [1.29, 1.82) is 0 Å². The Bertz CT molecular complexity index is 876. The molecule has 0 fully saturated rings. The van der Waals surface area contributed by atoms with Crippen LogP contribution < -0.4 is 19.5 Å². The molecule has 0 aliphatic rings. The summed E-state index contributed by atoms with van der Waals surface area (Å²) >= 11 is 0. The lowest BCUT2D eigenvalue weighted by Gasteiger charge is -2.13. The lowest BCUT2D eigenvalue weighted by atomic mass is 10.1. The molecule has 152 valence electrons. The van der Waals surface area contributed by atoms with Gasteiger partial charge in [0.05, 0.1) is 13.2 Å². The zero-order valence-electron chi connectivity index (χ0n) is 17.4. The molecular weight excluding hydrogens is 362 g/mol. The standard InChI is InChI=1S/C25H29NO3/c1-19(2)29-23-12-9-20(10-13-23)16-26-17-22-11-14-24(25(15-22)27-3)28-18-21-7-5-4-6-8-21/h4-15,19,26H,16-18H2,1-3H3. The van der Waals surface area contributed by atoms with E-state index >= 15 is 0 Å². The smallest absolute Gasteiger partial charge is 0.161 e. The number of benzene rings is 3. The fraction of sp³-hybridized carbons (Fsp3) is 0.280. The van der Waals surface area contributed by atoms with Crippen LogP contribution in [0.15, 0.2) is 72.8 Å². The summed E-state index contributed by atoms with van der Waals surface area (Å²) in [5.41, 5.74) is 3.50. The normalized spacial score (nSPS) is 10.8. The third-order valence-electron chi connectivity index (χ3n) is 4.42. The summed E-state index contributed by atoms with van der Waals surface area (Å²) in [6.45, 7) is 6.12. The van der Waals surface area contributed by atoms with Crippen LogP contribution >= 0.6 is 0 Å². The lowest BCUT2D eigenvalue weighted by molar-refractivity contribution is 0.242. The molecule has 0 aromatic heterocycles. The van der Waals surface area contributed by atoms with Crippen molar-refractivity contribution in [3.05, 3.63) is 89.5 Å². The van der Waals surface area contributed by atoms with E-state index in [-0.39, 0.29) is 6.10 Å². The van der Waals surface area contributed by atoms with E-state index in [2.05, 4.69) is 23.5 Å². The van der Waals surface area contributed by atoms with Gasteiger partial charge in [-0.15, -0.1) is 0 Å². The minimum Gasteiger partial charge on any atom is -0.493 e. The van der Waals surface area contributed by atoms with Gasteiger partial charge in [-0.3, -0.25) is 0 Å². The van der Waals surface area contributed by atoms with Crippen LogP contribution in [0.4, 0.5) is 0 Å². The second-order valence-electron chi connectivity index (χ2n) is 7.17. The van der Waals surface area contributed by atoms with Gasteiger partial charge < -0.3 is 19.5 Å². The first-order valence-corrected chi connectivity index (χ1v) is 9.94. The molecule has 4 nitrogen and oxygen atoms in total. The van der Waals surface area contributed by atoms with Gasteiger partial charge >= 0.3 is 0 Å². The zero-order valence-corrected chi connectivity index (χ0v) is 17.4. The van der Waals surface area contributed by atoms with Gasteiger partial charge in [-0.1, -0.05) is 48.5 Å². The average molecular weight is 392 g/mol. The molecule has 3 aromatic rings. The van der Waals surface area contributed by atoms with Gasteiger partial charge in [0, 0.05) is 13.1 Å². The van der Waals surface area contributed by atoms with Crippen LogP contribution in [0.3, 0.4) is 0 Å². The van der Waals surface area contributed by atoms with Crippen LogP contribution in [0.5, 0.6) is 17.2 Å². The van der Waals surface area contributed by atoms with E-state index in [4.69, 9.17) is 14.2 Å². The number of methoxy groups -OCH3 is 1. The summed E-state index contributed by atoms with van der Waals surface area (Å²) in [5.74, 6) is 2.40. The predicted octanol–water partition coefficient (Wildman–Crippen LogP) is 5.35. The molecule has 0 unspecified atom stereocenters. The van der Waals surface area contributed by atoms with Crippen molar-refractivity contribution in [1.82, 2.24) is 5.32 Å². The highest BCUT2D eigenvalue weighted by molar-refractivity contribution is 5.43. The first-order chi connectivity index (χ1) is 14.1. The molecule has 0 saturated heterocycles. The van der Waals surface area contributed by atoms with Crippen LogP contribution in [0.1, 0.15) is 30.5 Å². The summed E-state index contributed by atoms with van der Waals surface area (Å²) in [4.78, 5) is 0. The SMILES string of the molecule is COc1cc(CNCc2ccc(OC(C)C)cc2)ccc1OCc1ccccc1. The molecule has 0 amide bonds. The summed E-state index contributed by atoms with van der Waals surface area (Å²) in [6, 6.07) is 24.4. The summed E-state index contributed by atoms with van der Waals surface area (Å²) in [6.07, 6.45) is 0.189. The van der Waals surface area contributed by atoms with Gasteiger partial charge in [0.2, 0.25) is 0 Å². The Morgan fingerprint density at radius 2 is 1.45 bits per heavy atom. The molecule has 0 spiro atoms. The largest absolute Gasteiger partial charge is 0.493 e. The van der Waals surface area contributed by atoms with Crippen LogP contribution in [-0.2, 0) is 19.7 Å². The first-order valence-electron chi connectivity index (χ1n) is 9.94. The number of hydrogen-bond acceptors (Lipinski definition) is 4. The van der Waals surface area contributed by atoms with E-state index in [1.54, 1.807) is 7.11 Å². The number of hydrogen-bond donors (Lipinski definition) is 1. The third-order valence-corrected chi connectivity index (χ3v) is 4.42. The number of nitrogens with one attached hydrogen (secondary N) is 1. The van der Waals surface area contributed by atoms with Gasteiger partial charge in [0.1, 0.15) is 12.4 Å². The van der Waals surface area contributed by atoms with Crippen LogP contribution in [0.25, 0.3) is 0 Å². The number of ether oxygens (including phenoxy) is 3. The maximum Gasteiger partial charge on any atom is 0.161 e. The van der Waals surface area contributed by atoms with Gasteiger partial charge in [-0.2, -0.15) is 0 Å². The molecule has 3 rings (SSSR count). The molecule has 0 saturated carbocycles. The van der Waals surface area contributed by atoms with E-state index in [9.17, 15) is 0 Å². The summed E-state index contributed by atoms with van der Waals surface area (Å²) in [5, 5.41) is 3.47. The van der Waals surface area contributed by atoms with E-state index in [0.29, 0.717) is 6.61 Å². The molecule has 0 heterocycles. The van der Waals surface area contributed by atoms with E-state index in [0.717, 1.165) is 41.5 Å². The predicted molar refractivity (Wildman–Crippen MR) is 117 cm³/mol. The van der Waals surface area contributed by atoms with Crippen molar-refractivity contribution in [3.63, 3.8) is 0 Å². The molecule has 0 atom stereocenters. The fourth-order valence-corrected chi connectivity index (χ4v) is 2.99. The van der Waals surface area contributed by atoms with Crippen molar-refractivity contribution < 1.29 is 14.2 Å². The Balaban J connectivity index is 1.52. The fourth-order valence-electron chi connectivity index (χ4n) is 2.99. The van der Waals surface area contributed by atoms with Crippen molar-refractivity contribution >= 4 is 0 Å². The van der Waals surface area contributed by atoms with Gasteiger partial charge in [0.25, 0.3) is 0 Å². The summed E-state index contributed by atoms with van der Waals surface area (Å²) < 4.78 is 17.1. The second kappa shape index (κ2) is 10.5. The molecule has 4 heteroatoms. The molecule has 0 aliphatic heterocycles. The van der Waals surface area contributed by atoms with Crippen molar-refractivity contribution in [2.24, 2.45) is 0 Å². The molecular formula is C25H29NO3. The highest BCUT2D eigenvalue weighted by atomic mass is 16.5. The Labute approximate surface area is 173 Å². The minimum absolute atomic E-state index is 0.189. The minimum atomic E-state index is 0.189. The van der Waals surface area contributed by atoms with Crippen molar-refractivity contribution in [2.75, 3.05) is 7.11 Å². The van der Waals surface area contributed by atoms with E-state index in [1.807, 2.05) is 68.4 Å². The van der Waals surface area contributed by atoms with Crippen LogP contribution in [0.2, 0.25) is 0 Å². The highest BCUT2D eigenvalue weighted by Crippen LogP contribution is 2.29. The monoisotopic (exact) mass is 391 g/mol. The average Bonchev–Trinajstić information content (AvgIpc) is 2.74. The Kier molecular flexibility index (Phi) is 7.54.